The SMILES string of the molecule is Nc1ccc(S(=O)(=O)NCC2(O)CCC2)c(Cl)c1. The van der Waals surface area contributed by atoms with Gasteiger partial charge in [-0.2, -0.15) is 0 Å². The maximum Gasteiger partial charge on any atom is 0.242 e. The molecule has 7 heteroatoms. The van der Waals surface area contributed by atoms with Crippen molar-refractivity contribution in [1.29, 1.82) is 0 Å². The van der Waals surface area contributed by atoms with Crippen LogP contribution >= 0.6 is 11.6 Å². The fraction of sp³-hybridized carbons (Fsp3) is 0.455. The normalized spacial score (nSPS) is 18.3. The summed E-state index contributed by atoms with van der Waals surface area (Å²) in [6.45, 7) is 0.00996. The van der Waals surface area contributed by atoms with Crippen LogP contribution < -0.4 is 10.5 Å². The lowest BCUT2D eigenvalue weighted by molar-refractivity contribution is -0.0270. The number of hydrogen-bond donors (Lipinski definition) is 3. The Morgan fingerprint density at radius 1 is 1.44 bits per heavy atom. The number of halogens is 1. The van der Waals surface area contributed by atoms with E-state index in [1.54, 1.807) is 0 Å². The Balaban J connectivity index is 2.15. The third-order valence-corrected chi connectivity index (χ3v) is 5.01. The molecule has 0 saturated heterocycles. The lowest BCUT2D eigenvalue weighted by atomic mass is 9.81. The summed E-state index contributed by atoms with van der Waals surface area (Å²) in [4.78, 5) is -0.0266. The van der Waals surface area contributed by atoms with Gasteiger partial charge in [-0.05, 0) is 37.5 Å². The summed E-state index contributed by atoms with van der Waals surface area (Å²) in [5.41, 5.74) is 5.00. The van der Waals surface area contributed by atoms with Crippen molar-refractivity contribution >= 4 is 27.3 Å². The van der Waals surface area contributed by atoms with Gasteiger partial charge in [-0.3, -0.25) is 0 Å². The maximum absolute atomic E-state index is 12.0. The number of anilines is 1. The number of nitrogens with two attached hydrogens (primary N) is 1. The van der Waals surface area contributed by atoms with Crippen molar-refractivity contribution in [2.24, 2.45) is 0 Å². The number of hydrogen-bond acceptors (Lipinski definition) is 4. The average molecular weight is 291 g/mol. The number of rotatable bonds is 4. The Kier molecular flexibility index (Phi) is 3.55. The summed E-state index contributed by atoms with van der Waals surface area (Å²) in [5.74, 6) is 0. The third kappa shape index (κ3) is 2.77. The zero-order chi connectivity index (χ0) is 13.4. The van der Waals surface area contributed by atoms with E-state index in [0.717, 1.165) is 6.42 Å². The predicted octanol–water partition coefficient (Wildman–Crippen LogP) is 1.12. The van der Waals surface area contributed by atoms with Crippen LogP contribution in [0.25, 0.3) is 0 Å². The highest BCUT2D eigenvalue weighted by molar-refractivity contribution is 7.89. The largest absolute Gasteiger partial charge is 0.399 e. The first kappa shape index (κ1) is 13.6. The molecular weight excluding hydrogens is 276 g/mol. The van der Waals surface area contributed by atoms with Crippen molar-refractivity contribution in [2.45, 2.75) is 29.8 Å². The van der Waals surface area contributed by atoms with Gasteiger partial charge in [-0.25, -0.2) is 13.1 Å². The highest BCUT2D eigenvalue weighted by Gasteiger charge is 2.35. The molecule has 1 aromatic rings. The molecule has 0 radical (unpaired) electrons. The summed E-state index contributed by atoms with van der Waals surface area (Å²) in [5, 5.41) is 9.93. The average Bonchev–Trinajstić information content (AvgIpc) is 2.23. The fourth-order valence-electron chi connectivity index (χ4n) is 1.80. The Hall–Kier alpha value is -0.820. The highest BCUT2D eigenvalue weighted by atomic mass is 35.5. The molecule has 0 unspecified atom stereocenters. The number of benzene rings is 1. The number of nitrogen functional groups attached to an aromatic ring is 1. The van der Waals surface area contributed by atoms with Gasteiger partial charge in [0.25, 0.3) is 0 Å². The Morgan fingerprint density at radius 3 is 2.61 bits per heavy atom. The summed E-state index contributed by atoms with van der Waals surface area (Å²) < 4.78 is 26.4. The lowest BCUT2D eigenvalue weighted by Gasteiger charge is -2.36. The molecule has 1 fully saturated rings. The van der Waals surface area contributed by atoms with E-state index >= 15 is 0 Å². The predicted molar refractivity (Wildman–Crippen MR) is 69.9 cm³/mol. The van der Waals surface area contributed by atoms with Crippen molar-refractivity contribution in [2.75, 3.05) is 12.3 Å². The smallest absolute Gasteiger partial charge is 0.242 e. The number of sulfonamides is 1. The van der Waals surface area contributed by atoms with E-state index in [-0.39, 0.29) is 16.5 Å². The lowest BCUT2D eigenvalue weighted by Crippen LogP contribution is -2.47. The molecule has 2 rings (SSSR count). The van der Waals surface area contributed by atoms with Crippen LogP contribution in [0.2, 0.25) is 5.02 Å². The Bertz CT molecular complexity index is 555. The third-order valence-electron chi connectivity index (χ3n) is 3.12. The van der Waals surface area contributed by atoms with Gasteiger partial charge in [0.2, 0.25) is 10.0 Å². The topological polar surface area (TPSA) is 92.4 Å². The van der Waals surface area contributed by atoms with Gasteiger partial charge >= 0.3 is 0 Å². The second-order valence-corrected chi connectivity index (χ2v) is 6.73. The molecule has 0 aromatic heterocycles. The van der Waals surface area contributed by atoms with Gasteiger partial charge in [0.15, 0.2) is 0 Å². The molecule has 1 aliphatic carbocycles. The van der Waals surface area contributed by atoms with Crippen LogP contribution in [0, 0.1) is 0 Å². The van der Waals surface area contributed by atoms with Crippen LogP contribution in [0.1, 0.15) is 19.3 Å². The summed E-state index contributed by atoms with van der Waals surface area (Å²) in [6, 6.07) is 4.21. The molecule has 0 bridgehead atoms. The molecule has 100 valence electrons. The second-order valence-electron chi connectivity index (χ2n) is 4.59. The molecule has 4 N–H and O–H groups in total. The zero-order valence-corrected chi connectivity index (χ0v) is 11.3. The van der Waals surface area contributed by atoms with Gasteiger partial charge in [0.05, 0.1) is 10.6 Å². The summed E-state index contributed by atoms with van der Waals surface area (Å²) in [7, 11) is -3.71. The standard InChI is InChI=1S/C11H15ClN2O3S/c12-9-6-8(13)2-3-10(9)18(16,17)14-7-11(15)4-1-5-11/h2-3,6,14-15H,1,4-5,7,13H2. The van der Waals surface area contributed by atoms with Gasteiger partial charge in [0, 0.05) is 12.2 Å². The zero-order valence-electron chi connectivity index (χ0n) is 9.69. The van der Waals surface area contributed by atoms with E-state index in [0.29, 0.717) is 18.5 Å². The molecule has 18 heavy (non-hydrogen) atoms. The van der Waals surface area contributed by atoms with Crippen molar-refractivity contribution in [3.63, 3.8) is 0 Å². The van der Waals surface area contributed by atoms with Crippen LogP contribution in [0.5, 0.6) is 0 Å². The molecule has 1 saturated carbocycles. The van der Waals surface area contributed by atoms with Crippen molar-refractivity contribution in [3.8, 4) is 0 Å². The minimum Gasteiger partial charge on any atom is -0.399 e. The van der Waals surface area contributed by atoms with E-state index < -0.39 is 15.6 Å². The first-order valence-corrected chi connectivity index (χ1v) is 7.46. The molecule has 0 amide bonds. The Labute approximate surface area is 111 Å². The van der Waals surface area contributed by atoms with Gasteiger partial charge in [-0.15, -0.1) is 0 Å². The van der Waals surface area contributed by atoms with Gasteiger partial charge < -0.3 is 10.8 Å². The number of nitrogens with one attached hydrogen (secondary N) is 1. The molecule has 1 aromatic carbocycles. The molecule has 5 nitrogen and oxygen atoms in total. The van der Waals surface area contributed by atoms with Crippen molar-refractivity contribution in [1.82, 2.24) is 4.72 Å². The van der Waals surface area contributed by atoms with Crippen LogP contribution in [0.3, 0.4) is 0 Å². The van der Waals surface area contributed by atoms with E-state index in [1.807, 2.05) is 0 Å². The molecule has 0 aliphatic heterocycles. The molecule has 0 atom stereocenters. The van der Waals surface area contributed by atoms with Crippen LogP contribution in [0.15, 0.2) is 23.1 Å². The van der Waals surface area contributed by atoms with E-state index in [1.165, 1.54) is 18.2 Å². The van der Waals surface area contributed by atoms with Crippen molar-refractivity contribution < 1.29 is 13.5 Å². The Morgan fingerprint density at radius 2 is 2.11 bits per heavy atom. The second kappa shape index (κ2) is 4.70. The van der Waals surface area contributed by atoms with E-state index in [9.17, 15) is 13.5 Å². The molecular formula is C11H15ClN2O3S. The molecule has 0 heterocycles. The van der Waals surface area contributed by atoms with Crippen molar-refractivity contribution in [3.05, 3.63) is 23.2 Å². The minimum atomic E-state index is -3.71. The highest BCUT2D eigenvalue weighted by Crippen LogP contribution is 2.31. The van der Waals surface area contributed by atoms with Crippen LogP contribution in [0.4, 0.5) is 5.69 Å². The minimum absolute atomic E-state index is 0.00996. The van der Waals surface area contributed by atoms with Gasteiger partial charge in [0.1, 0.15) is 4.90 Å². The molecule has 0 spiro atoms. The summed E-state index contributed by atoms with van der Waals surface area (Å²) in [6.07, 6.45) is 2.15. The van der Waals surface area contributed by atoms with Crippen LogP contribution in [-0.4, -0.2) is 25.7 Å². The molecule has 1 aliphatic rings. The maximum atomic E-state index is 12.0. The first-order valence-electron chi connectivity index (χ1n) is 5.60. The fourth-order valence-corrected chi connectivity index (χ4v) is 3.47. The van der Waals surface area contributed by atoms with Gasteiger partial charge in [-0.1, -0.05) is 11.6 Å². The van der Waals surface area contributed by atoms with Crippen LogP contribution in [-0.2, 0) is 10.0 Å². The quantitative estimate of drug-likeness (QED) is 0.725. The first-order chi connectivity index (χ1) is 8.32. The van der Waals surface area contributed by atoms with E-state index in [2.05, 4.69) is 4.72 Å². The number of aliphatic hydroxyl groups is 1. The summed E-state index contributed by atoms with van der Waals surface area (Å²) >= 11 is 5.85. The van der Waals surface area contributed by atoms with E-state index in [4.69, 9.17) is 17.3 Å². The monoisotopic (exact) mass is 290 g/mol.